The second-order valence-corrected chi connectivity index (χ2v) is 16.4. The van der Waals surface area contributed by atoms with Crippen LogP contribution in [0.5, 0.6) is 0 Å². The Labute approximate surface area is 299 Å². The van der Waals surface area contributed by atoms with Gasteiger partial charge in [0.25, 0.3) is 0 Å². The van der Waals surface area contributed by atoms with Gasteiger partial charge in [-0.1, -0.05) is 37.9 Å². The summed E-state index contributed by atoms with van der Waals surface area (Å²) >= 11 is 5.32. The summed E-state index contributed by atoms with van der Waals surface area (Å²) in [7, 11) is 0. The van der Waals surface area contributed by atoms with Gasteiger partial charge in [0.15, 0.2) is 0 Å². The first-order valence-corrected chi connectivity index (χ1v) is 18.7. The van der Waals surface area contributed by atoms with E-state index < -0.39 is 0 Å². The van der Waals surface area contributed by atoms with Crippen LogP contribution in [0.1, 0.15) is 91.9 Å². The fourth-order valence-corrected chi connectivity index (χ4v) is 9.85. The molecule has 0 atom stereocenters. The quantitative estimate of drug-likeness (QED) is 0.0842. The SMILES string of the molecule is C=C(C)C(=C)Cl.C=C(C)C(=C)OCCOCC(=O)OC1(C)C2CC3CC(C2)CC1C3.CC1(OC(=O)COCCO)C2CC3CC(C2)CC1C3. The molecule has 0 radical (unpaired) electrons. The summed E-state index contributed by atoms with van der Waals surface area (Å²) in [5, 5.41) is 9.18. The van der Waals surface area contributed by atoms with Crippen LogP contribution in [-0.2, 0) is 33.3 Å². The molecule has 8 fully saturated rings. The van der Waals surface area contributed by atoms with Crippen molar-refractivity contribution in [2.24, 2.45) is 47.3 Å². The van der Waals surface area contributed by atoms with Crippen molar-refractivity contribution in [1.82, 2.24) is 0 Å². The minimum absolute atomic E-state index is 0.00913. The number of allylic oxidation sites excluding steroid dienone is 3. The Balaban J connectivity index is 0.000000193. The van der Waals surface area contributed by atoms with Gasteiger partial charge < -0.3 is 28.8 Å². The monoisotopic (exact) mass is 704 g/mol. The number of aliphatic hydroxyl groups excluding tert-OH is 1. The third kappa shape index (κ3) is 10.2. The summed E-state index contributed by atoms with van der Waals surface area (Å²) in [4.78, 5) is 24.1. The highest BCUT2D eigenvalue weighted by Gasteiger charge is 2.58. The highest BCUT2D eigenvalue weighted by molar-refractivity contribution is 6.31. The fourth-order valence-electron chi connectivity index (χ4n) is 9.85. The molecule has 8 nitrogen and oxygen atoms in total. The Morgan fingerprint density at radius 3 is 1.29 bits per heavy atom. The van der Waals surface area contributed by atoms with E-state index in [4.69, 9.17) is 40.4 Å². The van der Waals surface area contributed by atoms with E-state index in [1.807, 2.05) is 13.8 Å². The van der Waals surface area contributed by atoms with Gasteiger partial charge in [-0.25, -0.2) is 9.59 Å². The average Bonchev–Trinajstić information content (AvgIpc) is 3.02. The Kier molecular flexibility index (Phi) is 14.1. The number of aliphatic hydroxyl groups is 1. The molecular weight excluding hydrogens is 644 g/mol. The van der Waals surface area contributed by atoms with Crippen LogP contribution < -0.4 is 0 Å². The fraction of sp³-hybridized carbons (Fsp3) is 0.750. The molecule has 276 valence electrons. The van der Waals surface area contributed by atoms with Gasteiger partial charge in [0, 0.05) is 5.03 Å². The van der Waals surface area contributed by atoms with Gasteiger partial charge in [0.05, 0.1) is 19.8 Å². The number of esters is 2. The normalized spacial score (nSPS) is 35.6. The van der Waals surface area contributed by atoms with E-state index >= 15 is 0 Å². The van der Waals surface area contributed by atoms with E-state index in [1.54, 1.807) is 0 Å². The van der Waals surface area contributed by atoms with Crippen molar-refractivity contribution in [3.05, 3.63) is 48.3 Å². The minimum Gasteiger partial charge on any atom is -0.492 e. The van der Waals surface area contributed by atoms with Crippen LogP contribution in [0.3, 0.4) is 0 Å². The first-order valence-electron chi connectivity index (χ1n) is 18.3. The molecule has 8 bridgehead atoms. The molecule has 0 aromatic heterocycles. The van der Waals surface area contributed by atoms with E-state index in [-0.39, 0.29) is 49.6 Å². The van der Waals surface area contributed by atoms with Gasteiger partial charge in [-0.2, -0.15) is 0 Å². The lowest BCUT2D eigenvalue weighted by Crippen LogP contribution is -2.58. The first-order chi connectivity index (χ1) is 23.1. The van der Waals surface area contributed by atoms with E-state index in [1.165, 1.54) is 64.2 Å². The molecule has 49 heavy (non-hydrogen) atoms. The van der Waals surface area contributed by atoms with Crippen LogP contribution in [0, 0.1) is 47.3 Å². The van der Waals surface area contributed by atoms with Crippen LogP contribution in [0.4, 0.5) is 0 Å². The zero-order valence-electron chi connectivity index (χ0n) is 30.4. The van der Waals surface area contributed by atoms with Crippen LogP contribution in [0.2, 0.25) is 0 Å². The predicted molar refractivity (Wildman–Crippen MR) is 192 cm³/mol. The molecule has 0 spiro atoms. The molecule has 9 heteroatoms. The summed E-state index contributed by atoms with van der Waals surface area (Å²) in [6.45, 7) is 23.2. The minimum atomic E-state index is -0.279. The lowest BCUT2D eigenvalue weighted by molar-refractivity contribution is -0.207. The molecule has 8 saturated carbocycles. The van der Waals surface area contributed by atoms with Crippen molar-refractivity contribution < 1.29 is 38.4 Å². The van der Waals surface area contributed by atoms with Gasteiger partial charge in [-0.05, 0) is 150 Å². The number of carbonyl (C=O) groups is 2. The predicted octanol–water partition coefficient (Wildman–Crippen LogP) is 7.94. The molecule has 0 heterocycles. The van der Waals surface area contributed by atoms with E-state index in [0.717, 1.165) is 34.8 Å². The molecule has 8 aliphatic rings. The Morgan fingerprint density at radius 2 is 0.980 bits per heavy atom. The smallest absolute Gasteiger partial charge is 0.332 e. The Hall–Kier alpha value is -2.13. The van der Waals surface area contributed by atoms with Crippen LogP contribution in [0.25, 0.3) is 0 Å². The molecule has 0 aromatic rings. The van der Waals surface area contributed by atoms with Crippen molar-refractivity contribution in [3.8, 4) is 0 Å². The molecule has 0 saturated heterocycles. The third-order valence-electron chi connectivity index (χ3n) is 12.3. The van der Waals surface area contributed by atoms with E-state index in [0.29, 0.717) is 47.7 Å². The van der Waals surface area contributed by atoms with Crippen LogP contribution >= 0.6 is 11.6 Å². The number of carbonyl (C=O) groups excluding carboxylic acids is 2. The molecule has 0 amide bonds. The van der Waals surface area contributed by atoms with Gasteiger partial charge in [0.2, 0.25) is 0 Å². The first kappa shape index (κ1) is 39.7. The number of ether oxygens (including phenoxy) is 5. The Morgan fingerprint density at radius 1 is 0.633 bits per heavy atom. The zero-order valence-corrected chi connectivity index (χ0v) is 31.2. The lowest BCUT2D eigenvalue weighted by Gasteiger charge is -2.59. The van der Waals surface area contributed by atoms with Gasteiger partial charge in [-0.15, -0.1) is 0 Å². The van der Waals surface area contributed by atoms with Gasteiger partial charge >= 0.3 is 11.9 Å². The summed E-state index contributed by atoms with van der Waals surface area (Å²) in [6.07, 6.45) is 12.6. The third-order valence-corrected chi connectivity index (χ3v) is 12.6. The largest absolute Gasteiger partial charge is 0.492 e. The number of hydrogen-bond donors (Lipinski definition) is 1. The summed E-state index contributed by atoms with van der Waals surface area (Å²) in [5.74, 6) is 5.70. The second kappa shape index (κ2) is 17.4. The van der Waals surface area contributed by atoms with Crippen LogP contribution in [-0.4, -0.2) is 67.9 Å². The van der Waals surface area contributed by atoms with Crippen molar-refractivity contribution in [3.63, 3.8) is 0 Å². The highest BCUT2D eigenvalue weighted by Crippen LogP contribution is 2.60. The van der Waals surface area contributed by atoms with Crippen molar-refractivity contribution >= 4 is 23.5 Å². The molecule has 8 rings (SSSR count). The zero-order chi connectivity index (χ0) is 35.9. The van der Waals surface area contributed by atoms with Crippen molar-refractivity contribution in [1.29, 1.82) is 0 Å². The molecule has 0 unspecified atom stereocenters. The highest BCUT2D eigenvalue weighted by atomic mass is 35.5. The standard InChI is InChI=1S/C20H30O4.C15H24O4.C5H7Cl/c1-13(2)14(3)23-6-5-22-12-19(21)24-20(4)17-8-15-7-16(10-17)11-18(20)9-15;1-15(19-14(17)9-18-3-2-16)12-5-10-4-11(7-12)8-13(15)6-10;1-4(2)5(3)6/h15-18H,1,3,5-12H2,2,4H3;10-13,16H,2-9H2,1H3;1,3H2,2H3. The van der Waals surface area contributed by atoms with Gasteiger partial charge in [0.1, 0.15) is 36.8 Å². The number of rotatable bonds is 14. The number of hydrogen-bond acceptors (Lipinski definition) is 8. The lowest BCUT2D eigenvalue weighted by atomic mass is 9.50. The average molecular weight is 705 g/mol. The molecule has 0 aliphatic heterocycles. The maximum atomic E-state index is 12.2. The maximum Gasteiger partial charge on any atom is 0.332 e. The number of halogens is 1. The Bertz CT molecular complexity index is 1150. The summed E-state index contributed by atoms with van der Waals surface area (Å²) < 4.78 is 27.6. The second-order valence-electron chi connectivity index (χ2n) is 16.0. The van der Waals surface area contributed by atoms with Crippen molar-refractivity contribution in [2.75, 3.05) is 39.6 Å². The summed E-state index contributed by atoms with van der Waals surface area (Å²) in [6, 6.07) is 0. The van der Waals surface area contributed by atoms with Crippen LogP contribution in [0.15, 0.2) is 48.3 Å². The molecule has 8 aliphatic carbocycles. The molecule has 0 aromatic carbocycles. The molecule has 1 N–H and O–H groups in total. The van der Waals surface area contributed by atoms with Gasteiger partial charge in [-0.3, -0.25) is 0 Å². The van der Waals surface area contributed by atoms with E-state index in [9.17, 15) is 9.59 Å². The maximum absolute atomic E-state index is 12.2. The topological polar surface area (TPSA) is 101 Å². The molecular formula is C40H61ClO8. The van der Waals surface area contributed by atoms with E-state index in [2.05, 4.69) is 40.2 Å². The summed E-state index contributed by atoms with van der Waals surface area (Å²) in [5.41, 5.74) is 1.08. The van der Waals surface area contributed by atoms with Crippen molar-refractivity contribution in [2.45, 2.75) is 103 Å².